The molecule has 0 unspecified atom stereocenters. The van der Waals surface area contributed by atoms with Crippen LogP contribution in [0.2, 0.25) is 0 Å². The highest BCUT2D eigenvalue weighted by atomic mass is 16.5. The minimum atomic E-state index is -0.383. The number of aromatic hydroxyl groups is 1. The first-order chi connectivity index (χ1) is 11.6. The lowest BCUT2D eigenvalue weighted by Gasteiger charge is -2.20. The number of benzene rings is 2. The van der Waals surface area contributed by atoms with Crippen molar-refractivity contribution in [3.8, 4) is 17.2 Å². The van der Waals surface area contributed by atoms with Gasteiger partial charge in [-0.3, -0.25) is 9.36 Å². The molecule has 0 atom stereocenters. The van der Waals surface area contributed by atoms with Gasteiger partial charge in [0.15, 0.2) is 5.69 Å². The molecule has 1 aliphatic heterocycles. The largest absolute Gasteiger partial charge is 0.506 e. The number of phenols is 1. The van der Waals surface area contributed by atoms with Crippen LogP contribution in [-0.2, 0) is 6.61 Å². The molecule has 4 rings (SSSR count). The lowest BCUT2D eigenvalue weighted by Crippen LogP contribution is -2.19. The molecule has 1 aromatic heterocycles. The zero-order valence-electron chi connectivity index (χ0n) is 13.0. The van der Waals surface area contributed by atoms with E-state index >= 15 is 0 Å². The summed E-state index contributed by atoms with van der Waals surface area (Å²) >= 11 is 0. The molecule has 120 valence electrons. The topological polar surface area (TPSA) is 76.4 Å². The van der Waals surface area contributed by atoms with Crippen LogP contribution >= 0.6 is 0 Å². The number of imidazole rings is 1. The van der Waals surface area contributed by atoms with Crippen molar-refractivity contribution in [3.05, 3.63) is 65.7 Å². The first kappa shape index (κ1) is 14.3. The van der Waals surface area contributed by atoms with Gasteiger partial charge < -0.3 is 15.2 Å². The number of anilines is 1. The van der Waals surface area contributed by atoms with Crippen molar-refractivity contribution in [1.82, 2.24) is 9.55 Å². The summed E-state index contributed by atoms with van der Waals surface area (Å²) in [5, 5.41) is 12.6. The molecule has 24 heavy (non-hydrogen) atoms. The van der Waals surface area contributed by atoms with Crippen LogP contribution in [0.1, 0.15) is 21.7 Å². The molecule has 0 aliphatic carbocycles. The van der Waals surface area contributed by atoms with Crippen molar-refractivity contribution in [2.45, 2.75) is 13.5 Å². The van der Waals surface area contributed by atoms with Crippen molar-refractivity contribution in [2.24, 2.45) is 0 Å². The van der Waals surface area contributed by atoms with Gasteiger partial charge in [-0.15, -0.1) is 0 Å². The molecule has 1 aliphatic rings. The van der Waals surface area contributed by atoms with E-state index in [-0.39, 0.29) is 24.0 Å². The van der Waals surface area contributed by atoms with Crippen LogP contribution in [0.5, 0.6) is 11.5 Å². The minimum Gasteiger partial charge on any atom is -0.506 e. The maximum Gasteiger partial charge on any atom is 0.276 e. The molecule has 2 N–H and O–H groups in total. The Kier molecular flexibility index (Phi) is 3.23. The number of carbonyl (C=O) groups is 1. The average molecular weight is 321 g/mol. The van der Waals surface area contributed by atoms with Gasteiger partial charge in [0.2, 0.25) is 0 Å². The number of ether oxygens (including phenoxy) is 1. The van der Waals surface area contributed by atoms with Crippen LogP contribution in [-0.4, -0.2) is 20.6 Å². The van der Waals surface area contributed by atoms with Crippen LogP contribution in [0.3, 0.4) is 0 Å². The predicted octanol–water partition coefficient (Wildman–Crippen LogP) is 3.03. The van der Waals surface area contributed by atoms with Gasteiger partial charge in [-0.05, 0) is 36.8 Å². The summed E-state index contributed by atoms with van der Waals surface area (Å²) in [6.45, 7) is 2.13. The van der Waals surface area contributed by atoms with Gasteiger partial charge in [0, 0.05) is 0 Å². The Morgan fingerprint density at radius 3 is 2.96 bits per heavy atom. The fourth-order valence-corrected chi connectivity index (χ4v) is 2.76. The third kappa shape index (κ3) is 2.28. The molecule has 6 nitrogen and oxygen atoms in total. The minimum absolute atomic E-state index is 0.0259. The fraction of sp³-hybridized carbons (Fsp3) is 0.111. The zero-order chi connectivity index (χ0) is 16.7. The Labute approximate surface area is 138 Å². The van der Waals surface area contributed by atoms with Crippen LogP contribution in [0.15, 0.2) is 48.8 Å². The second-order valence-electron chi connectivity index (χ2n) is 5.64. The maximum absolute atomic E-state index is 12.5. The number of carbonyl (C=O) groups excluding carboxylic acids is 1. The summed E-state index contributed by atoms with van der Waals surface area (Å²) in [5.41, 5.74) is 3.07. The number of nitrogens with one attached hydrogen (secondary N) is 1. The van der Waals surface area contributed by atoms with Gasteiger partial charge in [0.1, 0.15) is 24.4 Å². The van der Waals surface area contributed by atoms with Gasteiger partial charge >= 0.3 is 0 Å². The van der Waals surface area contributed by atoms with E-state index in [4.69, 9.17) is 4.74 Å². The predicted molar refractivity (Wildman–Crippen MR) is 88.7 cm³/mol. The van der Waals surface area contributed by atoms with Crippen molar-refractivity contribution >= 4 is 11.6 Å². The van der Waals surface area contributed by atoms with Gasteiger partial charge in [-0.25, -0.2) is 4.98 Å². The quantitative estimate of drug-likeness (QED) is 0.711. The van der Waals surface area contributed by atoms with Crippen molar-refractivity contribution < 1.29 is 14.6 Å². The summed E-state index contributed by atoms with van der Waals surface area (Å²) in [6, 6.07) is 12.7. The molecule has 2 heterocycles. The molecule has 0 saturated carbocycles. The van der Waals surface area contributed by atoms with E-state index in [0.717, 1.165) is 17.0 Å². The number of nitrogens with zero attached hydrogens (tertiary/aromatic N) is 2. The molecule has 0 radical (unpaired) electrons. The highest BCUT2D eigenvalue weighted by molar-refractivity contribution is 6.04. The second kappa shape index (κ2) is 5.42. The monoisotopic (exact) mass is 321 g/mol. The number of para-hydroxylation sites is 2. The Morgan fingerprint density at radius 2 is 2.12 bits per heavy atom. The molecular weight excluding hydrogens is 306 g/mol. The summed E-state index contributed by atoms with van der Waals surface area (Å²) < 4.78 is 7.55. The van der Waals surface area contributed by atoms with E-state index in [1.807, 2.05) is 41.8 Å². The number of phenolic OH excluding ortho intramolecular Hbond substituents is 1. The summed E-state index contributed by atoms with van der Waals surface area (Å²) in [6.07, 6.45) is 1.61. The normalized spacial score (nSPS) is 12.0. The number of rotatable bonds is 2. The lowest BCUT2D eigenvalue weighted by atomic mass is 10.2. The van der Waals surface area contributed by atoms with Crippen LogP contribution < -0.4 is 10.1 Å². The Bertz CT molecular complexity index is 946. The Morgan fingerprint density at radius 1 is 1.29 bits per heavy atom. The van der Waals surface area contributed by atoms with Crippen LogP contribution in [0.25, 0.3) is 5.69 Å². The molecule has 3 aromatic rings. The van der Waals surface area contributed by atoms with Gasteiger partial charge in [0.25, 0.3) is 5.91 Å². The standard InChI is InChI=1S/C18H15N3O3/c1-11-6-7-12(15(22)8-11)20-18(23)17-14-9-24-16-5-3-2-4-13(16)21(14)10-19-17/h2-8,10,22H,9H2,1H3,(H,20,23). The van der Waals surface area contributed by atoms with Gasteiger partial charge in [0.05, 0.1) is 17.1 Å². The molecule has 0 saturated heterocycles. The molecular formula is C18H15N3O3. The van der Waals surface area contributed by atoms with Crippen molar-refractivity contribution in [1.29, 1.82) is 0 Å². The number of hydrogen-bond acceptors (Lipinski definition) is 4. The first-order valence-electron chi connectivity index (χ1n) is 7.53. The summed E-state index contributed by atoms with van der Waals surface area (Å²) in [7, 11) is 0. The third-order valence-corrected chi connectivity index (χ3v) is 3.97. The van der Waals surface area contributed by atoms with E-state index in [9.17, 15) is 9.90 Å². The van der Waals surface area contributed by atoms with Gasteiger partial charge in [-0.1, -0.05) is 18.2 Å². The molecule has 2 aromatic carbocycles. The highest BCUT2D eigenvalue weighted by Gasteiger charge is 2.24. The third-order valence-electron chi connectivity index (χ3n) is 3.97. The van der Waals surface area contributed by atoms with E-state index < -0.39 is 0 Å². The smallest absolute Gasteiger partial charge is 0.276 e. The Hall–Kier alpha value is -3.28. The Balaban J connectivity index is 1.67. The summed E-state index contributed by atoms with van der Waals surface area (Å²) in [5.74, 6) is 0.398. The fourth-order valence-electron chi connectivity index (χ4n) is 2.76. The van der Waals surface area contributed by atoms with Crippen LogP contribution in [0.4, 0.5) is 5.69 Å². The average Bonchev–Trinajstić information content (AvgIpc) is 3.02. The van der Waals surface area contributed by atoms with Crippen LogP contribution in [0, 0.1) is 6.92 Å². The molecule has 0 fully saturated rings. The number of aryl methyl sites for hydroxylation is 1. The second-order valence-corrected chi connectivity index (χ2v) is 5.64. The number of fused-ring (bicyclic) bond motifs is 3. The maximum atomic E-state index is 12.5. The molecule has 1 amide bonds. The lowest BCUT2D eigenvalue weighted by molar-refractivity contribution is 0.101. The number of aromatic nitrogens is 2. The molecule has 0 spiro atoms. The van der Waals surface area contributed by atoms with E-state index in [1.54, 1.807) is 18.5 Å². The SMILES string of the molecule is Cc1ccc(NC(=O)c2ncn3c2COc2ccccc2-3)c(O)c1. The number of hydrogen-bond donors (Lipinski definition) is 2. The van der Waals surface area contributed by atoms with E-state index in [2.05, 4.69) is 10.3 Å². The van der Waals surface area contributed by atoms with Crippen molar-refractivity contribution in [2.75, 3.05) is 5.32 Å². The number of amides is 1. The van der Waals surface area contributed by atoms with Gasteiger partial charge in [-0.2, -0.15) is 0 Å². The van der Waals surface area contributed by atoms with E-state index in [0.29, 0.717) is 11.4 Å². The molecule has 6 heteroatoms. The van der Waals surface area contributed by atoms with Crippen molar-refractivity contribution in [3.63, 3.8) is 0 Å². The van der Waals surface area contributed by atoms with E-state index in [1.165, 1.54) is 0 Å². The summed E-state index contributed by atoms with van der Waals surface area (Å²) in [4.78, 5) is 16.8. The first-order valence-corrected chi connectivity index (χ1v) is 7.53. The highest BCUT2D eigenvalue weighted by Crippen LogP contribution is 2.31. The molecule has 0 bridgehead atoms. The zero-order valence-corrected chi connectivity index (χ0v) is 13.0.